The van der Waals surface area contributed by atoms with E-state index in [1.807, 2.05) is 13.0 Å². The van der Waals surface area contributed by atoms with Crippen molar-refractivity contribution in [2.75, 3.05) is 18.0 Å². The molecule has 2 heterocycles. The molecule has 1 aliphatic rings. The summed E-state index contributed by atoms with van der Waals surface area (Å²) in [5.74, 6) is 1.71. The predicted octanol–water partition coefficient (Wildman–Crippen LogP) is 1.21. The van der Waals surface area contributed by atoms with Gasteiger partial charge in [0.15, 0.2) is 0 Å². The summed E-state index contributed by atoms with van der Waals surface area (Å²) in [4.78, 5) is 10.9. The van der Waals surface area contributed by atoms with E-state index in [2.05, 4.69) is 14.9 Å². The highest BCUT2D eigenvalue weighted by Crippen LogP contribution is 2.28. The van der Waals surface area contributed by atoms with Crippen LogP contribution in [0.4, 0.5) is 5.82 Å². The molecule has 2 N–H and O–H groups in total. The van der Waals surface area contributed by atoms with Crippen LogP contribution in [0.25, 0.3) is 10.9 Å². The first-order valence-corrected chi connectivity index (χ1v) is 6.04. The minimum Gasteiger partial charge on any atom is -0.508 e. The summed E-state index contributed by atoms with van der Waals surface area (Å²) in [6.07, 6.45) is 0.482. The topological polar surface area (TPSA) is 69.5 Å². The number of aliphatic hydroxyl groups excluding tert-OH is 1. The van der Waals surface area contributed by atoms with Gasteiger partial charge in [-0.1, -0.05) is 0 Å². The van der Waals surface area contributed by atoms with Gasteiger partial charge in [0, 0.05) is 24.5 Å². The van der Waals surface area contributed by atoms with Crippen LogP contribution in [0.1, 0.15) is 12.2 Å². The number of fused-ring (bicyclic) bond motifs is 1. The van der Waals surface area contributed by atoms with Crippen molar-refractivity contribution in [3.8, 4) is 5.75 Å². The molecular weight excluding hydrogens is 230 g/mol. The monoisotopic (exact) mass is 245 g/mol. The molecule has 94 valence electrons. The van der Waals surface area contributed by atoms with Crippen molar-refractivity contribution in [2.45, 2.75) is 19.4 Å². The summed E-state index contributed by atoms with van der Waals surface area (Å²) in [5, 5.41) is 20.0. The van der Waals surface area contributed by atoms with E-state index in [9.17, 15) is 10.2 Å². The molecule has 0 spiro atoms. The molecule has 2 aromatic rings. The maximum atomic E-state index is 9.62. The van der Waals surface area contributed by atoms with E-state index < -0.39 is 0 Å². The van der Waals surface area contributed by atoms with Gasteiger partial charge in [-0.2, -0.15) is 0 Å². The molecule has 0 unspecified atom stereocenters. The summed E-state index contributed by atoms with van der Waals surface area (Å²) in [6.45, 7) is 3.24. The second-order valence-electron chi connectivity index (χ2n) is 4.68. The van der Waals surface area contributed by atoms with Gasteiger partial charge in [0.05, 0.1) is 11.6 Å². The molecule has 0 saturated carbocycles. The Balaban J connectivity index is 2.15. The van der Waals surface area contributed by atoms with Crippen molar-refractivity contribution >= 4 is 16.7 Å². The molecule has 0 radical (unpaired) electrons. The predicted molar refractivity (Wildman–Crippen MR) is 68.8 cm³/mol. The van der Waals surface area contributed by atoms with Gasteiger partial charge in [-0.05, 0) is 25.5 Å². The number of nitrogens with zero attached hydrogens (tertiary/aromatic N) is 3. The van der Waals surface area contributed by atoms with Gasteiger partial charge in [-0.25, -0.2) is 9.97 Å². The van der Waals surface area contributed by atoms with Gasteiger partial charge in [0.2, 0.25) is 0 Å². The smallest absolute Gasteiger partial charge is 0.140 e. The average Bonchev–Trinajstić information content (AvgIpc) is 2.74. The van der Waals surface area contributed by atoms with Crippen LogP contribution < -0.4 is 4.90 Å². The van der Waals surface area contributed by atoms with Gasteiger partial charge >= 0.3 is 0 Å². The lowest BCUT2D eigenvalue weighted by molar-refractivity contribution is 0.198. The summed E-state index contributed by atoms with van der Waals surface area (Å²) >= 11 is 0. The number of hydrogen-bond donors (Lipinski definition) is 2. The number of phenolic OH excluding ortho intramolecular Hbond substituents is 1. The van der Waals surface area contributed by atoms with Crippen LogP contribution in [0.3, 0.4) is 0 Å². The van der Waals surface area contributed by atoms with E-state index in [0.717, 1.165) is 29.7 Å². The van der Waals surface area contributed by atoms with Crippen LogP contribution in [0.5, 0.6) is 5.75 Å². The largest absolute Gasteiger partial charge is 0.508 e. The van der Waals surface area contributed by atoms with Gasteiger partial charge in [-0.15, -0.1) is 0 Å². The Morgan fingerprint density at radius 2 is 2.17 bits per heavy atom. The molecule has 1 aromatic heterocycles. The van der Waals surface area contributed by atoms with Crippen LogP contribution in [-0.2, 0) is 0 Å². The molecule has 1 aliphatic heterocycles. The summed E-state index contributed by atoms with van der Waals surface area (Å²) in [7, 11) is 0. The number of rotatable bonds is 1. The zero-order valence-corrected chi connectivity index (χ0v) is 10.2. The number of anilines is 1. The molecule has 0 aliphatic carbocycles. The van der Waals surface area contributed by atoms with E-state index in [1.54, 1.807) is 12.1 Å². The molecule has 18 heavy (non-hydrogen) atoms. The van der Waals surface area contributed by atoms with Gasteiger partial charge in [-0.3, -0.25) is 0 Å². The Labute approximate surface area is 105 Å². The zero-order chi connectivity index (χ0) is 12.7. The quantitative estimate of drug-likeness (QED) is 0.790. The fourth-order valence-corrected chi connectivity index (χ4v) is 2.39. The maximum Gasteiger partial charge on any atom is 0.140 e. The SMILES string of the molecule is Cc1nc(N2CC[C@H](O)C2)c2ccc(O)cc2n1. The number of aromatic nitrogens is 2. The molecule has 5 nitrogen and oxygen atoms in total. The molecule has 5 heteroatoms. The second-order valence-corrected chi connectivity index (χ2v) is 4.68. The normalized spacial score (nSPS) is 19.7. The molecule has 0 bridgehead atoms. The highest BCUT2D eigenvalue weighted by molar-refractivity contribution is 5.90. The maximum absolute atomic E-state index is 9.62. The molecule has 1 saturated heterocycles. The fourth-order valence-electron chi connectivity index (χ4n) is 2.39. The highest BCUT2D eigenvalue weighted by atomic mass is 16.3. The Hall–Kier alpha value is -1.88. The Kier molecular flexibility index (Phi) is 2.56. The Morgan fingerprint density at radius 1 is 1.33 bits per heavy atom. The average molecular weight is 245 g/mol. The van der Waals surface area contributed by atoms with E-state index in [1.165, 1.54) is 0 Å². The van der Waals surface area contributed by atoms with E-state index in [4.69, 9.17) is 0 Å². The van der Waals surface area contributed by atoms with E-state index in [-0.39, 0.29) is 11.9 Å². The first-order valence-electron chi connectivity index (χ1n) is 6.04. The summed E-state index contributed by atoms with van der Waals surface area (Å²) in [5.41, 5.74) is 0.735. The molecule has 0 amide bonds. The first kappa shape index (κ1) is 11.2. The third-order valence-corrected chi connectivity index (χ3v) is 3.24. The molecule has 1 atom stereocenters. The molecular formula is C13H15N3O2. The lowest BCUT2D eigenvalue weighted by Crippen LogP contribution is -2.23. The number of aromatic hydroxyl groups is 1. The van der Waals surface area contributed by atoms with E-state index in [0.29, 0.717) is 12.4 Å². The number of phenols is 1. The summed E-state index contributed by atoms with van der Waals surface area (Å²) in [6, 6.07) is 5.10. The van der Waals surface area contributed by atoms with Crippen molar-refractivity contribution in [1.29, 1.82) is 0 Å². The third-order valence-electron chi connectivity index (χ3n) is 3.24. The molecule has 1 fully saturated rings. The Morgan fingerprint density at radius 3 is 2.89 bits per heavy atom. The molecule has 3 rings (SSSR count). The lowest BCUT2D eigenvalue weighted by Gasteiger charge is -2.19. The van der Waals surface area contributed by atoms with Crippen molar-refractivity contribution in [3.63, 3.8) is 0 Å². The second kappa shape index (κ2) is 4.10. The Bertz CT molecular complexity index is 595. The van der Waals surface area contributed by atoms with Gasteiger partial charge in [0.1, 0.15) is 17.4 Å². The number of aryl methyl sites for hydroxylation is 1. The number of aliphatic hydroxyl groups is 1. The fraction of sp³-hybridized carbons (Fsp3) is 0.385. The van der Waals surface area contributed by atoms with Crippen LogP contribution in [0.2, 0.25) is 0 Å². The van der Waals surface area contributed by atoms with Crippen LogP contribution in [0.15, 0.2) is 18.2 Å². The number of β-amino-alcohol motifs (C(OH)–C–C–N with tert-alkyl or cyclic N) is 1. The minimum absolute atomic E-state index is 0.202. The zero-order valence-electron chi connectivity index (χ0n) is 10.2. The van der Waals surface area contributed by atoms with Gasteiger partial charge in [0.25, 0.3) is 0 Å². The van der Waals surface area contributed by atoms with Crippen LogP contribution in [-0.4, -0.2) is 39.4 Å². The standard InChI is InChI=1S/C13H15N3O2/c1-8-14-12-6-9(17)2-3-11(12)13(15-8)16-5-4-10(18)7-16/h2-3,6,10,17-18H,4-5,7H2,1H3/t10-/m0/s1. The van der Waals surface area contributed by atoms with Crippen molar-refractivity contribution in [3.05, 3.63) is 24.0 Å². The van der Waals surface area contributed by atoms with Crippen molar-refractivity contribution < 1.29 is 10.2 Å². The van der Waals surface area contributed by atoms with E-state index >= 15 is 0 Å². The lowest BCUT2D eigenvalue weighted by atomic mass is 10.2. The third kappa shape index (κ3) is 1.86. The van der Waals surface area contributed by atoms with Crippen LogP contribution in [0, 0.1) is 6.92 Å². The van der Waals surface area contributed by atoms with Gasteiger partial charge < -0.3 is 15.1 Å². The number of hydrogen-bond acceptors (Lipinski definition) is 5. The molecule has 1 aromatic carbocycles. The summed E-state index contributed by atoms with van der Waals surface area (Å²) < 4.78 is 0. The van der Waals surface area contributed by atoms with Crippen LogP contribution >= 0.6 is 0 Å². The minimum atomic E-state index is -0.285. The number of benzene rings is 1. The highest BCUT2D eigenvalue weighted by Gasteiger charge is 2.23. The first-order chi connectivity index (χ1) is 8.63. The van der Waals surface area contributed by atoms with Crippen molar-refractivity contribution in [2.24, 2.45) is 0 Å². The van der Waals surface area contributed by atoms with Crippen molar-refractivity contribution in [1.82, 2.24) is 9.97 Å².